The lowest BCUT2D eigenvalue weighted by Crippen LogP contribution is -2.09. The second-order valence-electron chi connectivity index (χ2n) is 7.65. The van der Waals surface area contributed by atoms with Crippen molar-refractivity contribution >= 4 is 33.2 Å². The van der Waals surface area contributed by atoms with Crippen LogP contribution in [0, 0.1) is 0 Å². The number of rotatable bonds is 8. The Hall–Kier alpha value is -5.03. The molecule has 188 valence electrons. The molecule has 10 nitrogen and oxygen atoms in total. The summed E-state index contributed by atoms with van der Waals surface area (Å²) in [5.41, 5.74) is 10.8. The summed E-state index contributed by atoms with van der Waals surface area (Å²) < 4.78 is 39.1. The number of carbonyl (C=O) groups is 2. The van der Waals surface area contributed by atoms with E-state index in [0.29, 0.717) is 0 Å². The van der Waals surface area contributed by atoms with Crippen LogP contribution in [-0.4, -0.2) is 30.6 Å². The molecule has 0 unspecified atom stereocenters. The molecule has 0 saturated carbocycles. The number of carboxylic acid groups (broad SMARTS) is 2. The second kappa shape index (κ2) is 9.91. The van der Waals surface area contributed by atoms with Crippen LogP contribution in [0.2, 0.25) is 0 Å². The van der Waals surface area contributed by atoms with Crippen molar-refractivity contribution in [2.45, 2.75) is 9.79 Å². The zero-order valence-corrected chi connectivity index (χ0v) is 19.8. The zero-order chi connectivity index (χ0) is 26.7. The summed E-state index contributed by atoms with van der Waals surface area (Å²) in [7, 11) is -4.33. The van der Waals surface area contributed by atoms with Crippen molar-refractivity contribution in [3.63, 3.8) is 0 Å². The Bertz CT molecular complexity index is 1520. The molecule has 0 spiro atoms. The minimum Gasteiger partial charge on any atom is -0.477 e. The minimum atomic E-state index is -4.33. The molecule has 0 aliphatic carbocycles. The third-order valence-corrected chi connectivity index (χ3v) is 7.09. The molecule has 0 radical (unpaired) electrons. The molecule has 0 aliphatic rings. The Labute approximate surface area is 211 Å². The summed E-state index contributed by atoms with van der Waals surface area (Å²) in [4.78, 5) is 22.9. The summed E-state index contributed by atoms with van der Waals surface area (Å²) in [6.45, 7) is 0. The molecule has 11 heteroatoms. The van der Waals surface area contributed by atoms with E-state index < -0.39 is 21.8 Å². The fraction of sp³-hybridized carbons (Fsp3) is 0. The lowest BCUT2D eigenvalue weighted by molar-refractivity contribution is 0.0684. The first kappa shape index (κ1) is 25.1. The maximum absolute atomic E-state index is 13.8. The maximum atomic E-state index is 13.8. The standard InChI is InChI=1S/C26H20N2O8S/c27-15-7-5-11-19(23(15)25(29)30)35-17-9-1-3-13-21(17)37(33,34)22-14-4-2-10-18(22)36-20-12-6-8-16(28)24(20)26(31)32/h1-14H,27-28H2,(H,29,30)(H,31,32). The largest absolute Gasteiger partial charge is 0.477 e. The molecule has 0 aromatic heterocycles. The Morgan fingerprint density at radius 1 is 0.568 bits per heavy atom. The molecule has 6 N–H and O–H groups in total. The first-order valence-corrected chi connectivity index (χ1v) is 12.1. The van der Waals surface area contributed by atoms with Crippen molar-refractivity contribution < 1.29 is 37.7 Å². The smallest absolute Gasteiger partial charge is 0.341 e. The number of nitrogens with two attached hydrogens (primary N) is 2. The lowest BCUT2D eigenvalue weighted by atomic mass is 10.1. The fourth-order valence-electron chi connectivity index (χ4n) is 3.59. The molecular weight excluding hydrogens is 500 g/mol. The summed E-state index contributed by atoms with van der Waals surface area (Å²) in [5, 5.41) is 19.1. The average molecular weight is 521 g/mol. The summed E-state index contributed by atoms with van der Waals surface area (Å²) >= 11 is 0. The van der Waals surface area contributed by atoms with Gasteiger partial charge in [0.15, 0.2) is 0 Å². The monoisotopic (exact) mass is 520 g/mol. The summed E-state index contributed by atoms with van der Waals surface area (Å²) in [5.74, 6) is -3.29. The number of benzene rings is 4. The van der Waals surface area contributed by atoms with Crippen molar-refractivity contribution in [1.29, 1.82) is 0 Å². The third kappa shape index (κ3) is 4.88. The SMILES string of the molecule is Nc1cccc(Oc2ccccc2S(=O)(=O)c2ccccc2Oc2cccc(N)c2C(=O)O)c1C(=O)O. The van der Waals surface area contributed by atoms with Crippen molar-refractivity contribution in [3.05, 3.63) is 96.1 Å². The van der Waals surface area contributed by atoms with Crippen LogP contribution < -0.4 is 20.9 Å². The molecular formula is C26H20N2O8S. The lowest BCUT2D eigenvalue weighted by Gasteiger charge is -2.16. The van der Waals surface area contributed by atoms with Gasteiger partial charge < -0.3 is 31.2 Å². The van der Waals surface area contributed by atoms with E-state index in [9.17, 15) is 28.2 Å². The molecule has 4 rings (SSSR count). The van der Waals surface area contributed by atoms with Gasteiger partial charge in [-0.15, -0.1) is 0 Å². The van der Waals surface area contributed by atoms with Gasteiger partial charge in [-0.25, -0.2) is 18.0 Å². The van der Waals surface area contributed by atoms with Crippen LogP contribution in [0.5, 0.6) is 23.0 Å². The Morgan fingerprint density at radius 2 is 0.919 bits per heavy atom. The van der Waals surface area contributed by atoms with Crippen LogP contribution in [0.1, 0.15) is 20.7 Å². The summed E-state index contributed by atoms with van der Waals surface area (Å²) in [6.07, 6.45) is 0. The number of sulfone groups is 1. The molecule has 4 aromatic rings. The zero-order valence-electron chi connectivity index (χ0n) is 19.0. The van der Waals surface area contributed by atoms with Crippen LogP contribution in [0.3, 0.4) is 0 Å². The molecule has 0 saturated heterocycles. The average Bonchev–Trinajstić information content (AvgIpc) is 2.84. The van der Waals surface area contributed by atoms with E-state index in [1.54, 1.807) is 0 Å². The molecule has 0 fully saturated rings. The normalized spacial score (nSPS) is 11.0. The Morgan fingerprint density at radius 3 is 1.30 bits per heavy atom. The van der Waals surface area contributed by atoms with E-state index in [4.69, 9.17) is 20.9 Å². The van der Waals surface area contributed by atoms with E-state index >= 15 is 0 Å². The highest BCUT2D eigenvalue weighted by atomic mass is 32.2. The van der Waals surface area contributed by atoms with E-state index in [1.165, 1.54) is 84.9 Å². The van der Waals surface area contributed by atoms with Gasteiger partial charge in [0.05, 0.1) is 0 Å². The van der Waals surface area contributed by atoms with Gasteiger partial charge in [-0.05, 0) is 48.5 Å². The second-order valence-corrected chi connectivity index (χ2v) is 9.54. The number of hydrogen-bond donors (Lipinski definition) is 4. The van der Waals surface area contributed by atoms with Crippen LogP contribution in [-0.2, 0) is 9.84 Å². The molecule has 0 aliphatic heterocycles. The molecule has 0 bridgehead atoms. The number of ether oxygens (including phenoxy) is 2. The Kier molecular flexibility index (Phi) is 6.72. The van der Waals surface area contributed by atoms with E-state index in [1.807, 2.05) is 0 Å². The van der Waals surface area contributed by atoms with Gasteiger partial charge in [0.1, 0.15) is 43.9 Å². The van der Waals surface area contributed by atoms with Gasteiger partial charge in [-0.3, -0.25) is 0 Å². The maximum Gasteiger partial charge on any atom is 0.341 e. The van der Waals surface area contributed by atoms with E-state index in [2.05, 4.69) is 0 Å². The predicted octanol–water partition coefficient (Wildman–Crippen LogP) is 4.66. The number of nitrogen functional groups attached to an aromatic ring is 2. The topological polar surface area (TPSA) is 179 Å². The first-order valence-electron chi connectivity index (χ1n) is 10.6. The van der Waals surface area contributed by atoms with Crippen LogP contribution >= 0.6 is 0 Å². The highest BCUT2D eigenvalue weighted by Crippen LogP contribution is 2.39. The molecule has 0 atom stereocenters. The van der Waals surface area contributed by atoms with Crippen LogP contribution in [0.25, 0.3) is 0 Å². The third-order valence-electron chi connectivity index (χ3n) is 5.26. The number of anilines is 2. The summed E-state index contributed by atoms with van der Waals surface area (Å²) in [6, 6.07) is 19.7. The minimum absolute atomic E-state index is 0.0551. The molecule has 37 heavy (non-hydrogen) atoms. The van der Waals surface area contributed by atoms with Gasteiger partial charge in [-0.1, -0.05) is 36.4 Å². The van der Waals surface area contributed by atoms with Crippen molar-refractivity contribution in [1.82, 2.24) is 0 Å². The quantitative estimate of drug-likeness (QED) is 0.239. The van der Waals surface area contributed by atoms with E-state index in [-0.39, 0.29) is 55.3 Å². The number of carboxylic acids is 2. The number of para-hydroxylation sites is 2. The fourth-order valence-corrected chi connectivity index (χ4v) is 5.09. The van der Waals surface area contributed by atoms with Gasteiger partial charge in [0.25, 0.3) is 0 Å². The molecule has 0 amide bonds. The van der Waals surface area contributed by atoms with Crippen molar-refractivity contribution in [2.24, 2.45) is 0 Å². The van der Waals surface area contributed by atoms with Gasteiger partial charge in [-0.2, -0.15) is 0 Å². The Balaban J connectivity index is 1.81. The van der Waals surface area contributed by atoms with Crippen molar-refractivity contribution in [3.8, 4) is 23.0 Å². The molecule has 0 heterocycles. The van der Waals surface area contributed by atoms with Gasteiger partial charge >= 0.3 is 11.9 Å². The van der Waals surface area contributed by atoms with Gasteiger partial charge in [0.2, 0.25) is 9.84 Å². The number of hydrogen-bond acceptors (Lipinski definition) is 8. The van der Waals surface area contributed by atoms with Crippen LogP contribution in [0.4, 0.5) is 11.4 Å². The van der Waals surface area contributed by atoms with Crippen molar-refractivity contribution in [2.75, 3.05) is 11.5 Å². The highest BCUT2D eigenvalue weighted by molar-refractivity contribution is 7.91. The number of aromatic carboxylic acids is 2. The highest BCUT2D eigenvalue weighted by Gasteiger charge is 2.28. The molecule has 4 aromatic carbocycles. The van der Waals surface area contributed by atoms with Gasteiger partial charge in [0, 0.05) is 11.4 Å². The van der Waals surface area contributed by atoms with E-state index in [0.717, 1.165) is 0 Å². The van der Waals surface area contributed by atoms with Crippen LogP contribution in [0.15, 0.2) is 94.7 Å². The first-order chi connectivity index (χ1) is 17.6. The predicted molar refractivity (Wildman–Crippen MR) is 134 cm³/mol.